The Morgan fingerprint density at radius 3 is 2.35 bits per heavy atom. The van der Waals surface area contributed by atoms with E-state index in [1.807, 2.05) is 24.3 Å². The fourth-order valence-electron chi connectivity index (χ4n) is 2.13. The second-order valence-corrected chi connectivity index (χ2v) is 5.75. The van der Waals surface area contributed by atoms with Crippen LogP contribution in [0.15, 0.2) is 42.5 Å². The average molecular weight is 276 g/mol. The summed E-state index contributed by atoms with van der Waals surface area (Å²) in [7, 11) is 0. The molecule has 106 valence electrons. The van der Waals surface area contributed by atoms with E-state index in [1.165, 1.54) is 12.1 Å². The first-order chi connectivity index (χ1) is 9.39. The minimum atomic E-state index is -0.944. The molecule has 0 aromatic heterocycles. The van der Waals surface area contributed by atoms with Gasteiger partial charge in [-0.3, -0.25) is 0 Å². The fraction of sp³-hybridized carbons (Fsp3) is 0.294. The van der Waals surface area contributed by atoms with Crippen LogP contribution >= 0.6 is 0 Å². The Kier molecular flexibility index (Phi) is 4.07. The molecule has 0 radical (unpaired) electrons. The summed E-state index contributed by atoms with van der Waals surface area (Å²) in [6.07, 6.45) is 0. The van der Waals surface area contributed by atoms with Crippen molar-refractivity contribution in [3.8, 4) is 5.75 Å². The van der Waals surface area contributed by atoms with Crippen molar-refractivity contribution in [3.63, 3.8) is 0 Å². The zero-order valence-electron chi connectivity index (χ0n) is 11.9. The molecule has 2 aromatic rings. The Balaban J connectivity index is 2.22. The molecular weight excluding hydrogens is 258 g/mol. The first kappa shape index (κ1) is 14.5. The Hall–Kier alpha value is -1.90. The third-order valence-corrected chi connectivity index (χ3v) is 3.12. The molecule has 1 nitrogen and oxygen atoms in total. The molecule has 0 spiro atoms. The van der Waals surface area contributed by atoms with Crippen LogP contribution in [0.25, 0.3) is 0 Å². The Bertz CT molecular complexity index is 600. The van der Waals surface area contributed by atoms with E-state index >= 15 is 0 Å². The highest BCUT2D eigenvalue weighted by Gasteiger charge is 2.18. The van der Waals surface area contributed by atoms with Gasteiger partial charge in [0.1, 0.15) is 6.61 Å². The topological polar surface area (TPSA) is 9.23 Å². The lowest BCUT2D eigenvalue weighted by molar-refractivity contribution is 0.282. The molecule has 0 N–H and O–H groups in total. The SMILES string of the molecule is CC(C)(C)c1ccccc1COc1cccc(F)c1F. The Labute approximate surface area is 118 Å². The van der Waals surface area contributed by atoms with Crippen LogP contribution in [-0.2, 0) is 12.0 Å². The van der Waals surface area contributed by atoms with Gasteiger partial charge in [0.05, 0.1) is 0 Å². The van der Waals surface area contributed by atoms with Gasteiger partial charge >= 0.3 is 0 Å². The molecule has 0 fully saturated rings. The van der Waals surface area contributed by atoms with Crippen molar-refractivity contribution in [1.82, 2.24) is 0 Å². The van der Waals surface area contributed by atoms with Crippen molar-refractivity contribution < 1.29 is 13.5 Å². The number of rotatable bonds is 3. The zero-order chi connectivity index (χ0) is 14.8. The molecule has 0 saturated carbocycles. The maximum atomic E-state index is 13.5. The first-order valence-electron chi connectivity index (χ1n) is 6.55. The Morgan fingerprint density at radius 1 is 0.950 bits per heavy atom. The van der Waals surface area contributed by atoms with Crippen molar-refractivity contribution >= 4 is 0 Å². The van der Waals surface area contributed by atoms with E-state index in [9.17, 15) is 8.78 Å². The number of ether oxygens (including phenoxy) is 1. The molecular formula is C17H18F2O. The van der Waals surface area contributed by atoms with E-state index in [0.717, 1.165) is 17.2 Å². The summed E-state index contributed by atoms with van der Waals surface area (Å²) in [5.74, 6) is -1.90. The minimum absolute atomic E-state index is 0.0273. The molecule has 0 saturated heterocycles. The summed E-state index contributed by atoms with van der Waals surface area (Å²) in [5, 5.41) is 0. The van der Waals surface area contributed by atoms with Crippen molar-refractivity contribution in [1.29, 1.82) is 0 Å². The molecule has 2 aromatic carbocycles. The molecule has 0 aliphatic rings. The molecule has 3 heteroatoms. The van der Waals surface area contributed by atoms with E-state index in [4.69, 9.17) is 4.74 Å². The number of benzene rings is 2. The highest BCUT2D eigenvalue weighted by Crippen LogP contribution is 2.27. The predicted octanol–water partition coefficient (Wildman–Crippen LogP) is 4.84. The van der Waals surface area contributed by atoms with Crippen molar-refractivity contribution in [2.45, 2.75) is 32.8 Å². The van der Waals surface area contributed by atoms with Gasteiger partial charge in [-0.1, -0.05) is 51.1 Å². The summed E-state index contributed by atoms with van der Waals surface area (Å²) >= 11 is 0. The van der Waals surface area contributed by atoms with Gasteiger partial charge in [-0.05, 0) is 28.7 Å². The van der Waals surface area contributed by atoms with Gasteiger partial charge < -0.3 is 4.74 Å². The summed E-state index contributed by atoms with van der Waals surface area (Å²) < 4.78 is 32.1. The molecule has 0 heterocycles. The summed E-state index contributed by atoms with van der Waals surface area (Å²) in [5.41, 5.74) is 2.08. The number of hydrogen-bond donors (Lipinski definition) is 0. The van der Waals surface area contributed by atoms with Crippen LogP contribution in [0.3, 0.4) is 0 Å². The van der Waals surface area contributed by atoms with Crippen molar-refractivity contribution in [2.75, 3.05) is 0 Å². The number of halogens is 2. The molecule has 0 aliphatic heterocycles. The normalized spacial score (nSPS) is 11.4. The minimum Gasteiger partial charge on any atom is -0.486 e. The van der Waals surface area contributed by atoms with Gasteiger partial charge in [-0.2, -0.15) is 4.39 Å². The molecule has 0 unspecified atom stereocenters. The third-order valence-electron chi connectivity index (χ3n) is 3.12. The smallest absolute Gasteiger partial charge is 0.200 e. The van der Waals surface area contributed by atoms with Crippen LogP contribution in [0.4, 0.5) is 8.78 Å². The lowest BCUT2D eigenvalue weighted by atomic mass is 9.84. The highest BCUT2D eigenvalue weighted by atomic mass is 19.2. The maximum Gasteiger partial charge on any atom is 0.200 e. The standard InChI is InChI=1S/C17H18F2O/c1-17(2,3)13-8-5-4-7-12(13)11-20-15-10-6-9-14(18)16(15)19/h4-10H,11H2,1-3H3. The van der Waals surface area contributed by atoms with Gasteiger partial charge in [-0.25, -0.2) is 4.39 Å². The predicted molar refractivity (Wildman–Crippen MR) is 75.8 cm³/mol. The van der Waals surface area contributed by atoms with E-state index in [-0.39, 0.29) is 17.8 Å². The molecule has 20 heavy (non-hydrogen) atoms. The van der Waals surface area contributed by atoms with Crippen molar-refractivity contribution in [2.24, 2.45) is 0 Å². The Morgan fingerprint density at radius 2 is 1.65 bits per heavy atom. The van der Waals surface area contributed by atoms with Gasteiger partial charge in [0, 0.05) is 0 Å². The second kappa shape index (κ2) is 5.61. The van der Waals surface area contributed by atoms with Crippen LogP contribution in [0.5, 0.6) is 5.75 Å². The van der Waals surface area contributed by atoms with E-state index in [2.05, 4.69) is 20.8 Å². The fourth-order valence-corrected chi connectivity index (χ4v) is 2.13. The highest BCUT2D eigenvalue weighted by molar-refractivity contribution is 5.33. The molecule has 0 aliphatic carbocycles. The van der Waals surface area contributed by atoms with E-state index < -0.39 is 11.6 Å². The molecule has 2 rings (SSSR count). The first-order valence-corrected chi connectivity index (χ1v) is 6.55. The van der Waals surface area contributed by atoms with Crippen LogP contribution in [0.2, 0.25) is 0 Å². The quantitative estimate of drug-likeness (QED) is 0.779. The average Bonchev–Trinajstić information content (AvgIpc) is 2.40. The van der Waals surface area contributed by atoms with E-state index in [1.54, 1.807) is 0 Å². The summed E-state index contributed by atoms with van der Waals surface area (Å²) in [4.78, 5) is 0. The summed E-state index contributed by atoms with van der Waals surface area (Å²) in [6, 6.07) is 11.8. The van der Waals surface area contributed by atoms with Crippen molar-refractivity contribution in [3.05, 3.63) is 65.2 Å². The van der Waals surface area contributed by atoms with Crippen LogP contribution in [0.1, 0.15) is 31.9 Å². The zero-order valence-corrected chi connectivity index (χ0v) is 11.9. The van der Waals surface area contributed by atoms with Gasteiger partial charge in [0.2, 0.25) is 5.82 Å². The van der Waals surface area contributed by atoms with Crippen LogP contribution in [0, 0.1) is 11.6 Å². The monoisotopic (exact) mass is 276 g/mol. The largest absolute Gasteiger partial charge is 0.486 e. The van der Waals surface area contributed by atoms with Gasteiger partial charge in [-0.15, -0.1) is 0 Å². The second-order valence-electron chi connectivity index (χ2n) is 5.75. The van der Waals surface area contributed by atoms with Gasteiger partial charge in [0.25, 0.3) is 0 Å². The number of hydrogen-bond acceptors (Lipinski definition) is 1. The third kappa shape index (κ3) is 3.16. The molecule has 0 amide bonds. The molecule has 0 atom stereocenters. The summed E-state index contributed by atoms with van der Waals surface area (Å²) in [6.45, 7) is 6.53. The molecule has 0 bridgehead atoms. The lowest BCUT2D eigenvalue weighted by Crippen LogP contribution is -2.15. The van der Waals surface area contributed by atoms with Crippen LogP contribution in [-0.4, -0.2) is 0 Å². The maximum absolute atomic E-state index is 13.5. The van der Waals surface area contributed by atoms with Gasteiger partial charge in [0.15, 0.2) is 11.6 Å². The lowest BCUT2D eigenvalue weighted by Gasteiger charge is -2.23. The van der Waals surface area contributed by atoms with E-state index in [0.29, 0.717) is 0 Å². The van der Waals surface area contributed by atoms with Crippen LogP contribution < -0.4 is 4.74 Å².